The van der Waals surface area contributed by atoms with Crippen LogP contribution in [0.2, 0.25) is 5.02 Å². The molecule has 0 radical (unpaired) electrons. The maximum Gasteiger partial charge on any atom is 0.260 e. The molecule has 0 bridgehead atoms. The van der Waals surface area contributed by atoms with Gasteiger partial charge in [-0.05, 0) is 37.6 Å². The van der Waals surface area contributed by atoms with Gasteiger partial charge in [-0.2, -0.15) is 0 Å². The number of carbonyl (C=O) groups excluding carboxylic acids is 1. The molecule has 1 aliphatic heterocycles. The van der Waals surface area contributed by atoms with Crippen LogP contribution in [0.25, 0.3) is 0 Å². The molecule has 20 heavy (non-hydrogen) atoms. The molecule has 5 heteroatoms. The van der Waals surface area contributed by atoms with Crippen molar-refractivity contribution in [3.05, 3.63) is 28.8 Å². The molecule has 2 rings (SSSR count). The fraction of sp³-hybridized carbons (Fsp3) is 0.533. The van der Waals surface area contributed by atoms with Gasteiger partial charge in [-0.25, -0.2) is 0 Å². The summed E-state index contributed by atoms with van der Waals surface area (Å²) in [6.07, 6.45) is -0.542. The maximum atomic E-state index is 12.0. The first kappa shape index (κ1) is 15.1. The summed E-state index contributed by atoms with van der Waals surface area (Å²) < 4.78 is 10.8. The first-order valence-corrected chi connectivity index (χ1v) is 7.06. The minimum atomic E-state index is -0.542. The zero-order valence-corrected chi connectivity index (χ0v) is 12.8. The van der Waals surface area contributed by atoms with Crippen LogP contribution in [0, 0.1) is 12.3 Å². The van der Waals surface area contributed by atoms with Crippen molar-refractivity contribution in [3.63, 3.8) is 0 Å². The zero-order valence-electron chi connectivity index (χ0n) is 12.0. The Kier molecular flexibility index (Phi) is 4.55. The minimum Gasteiger partial charge on any atom is -0.481 e. The highest BCUT2D eigenvalue weighted by atomic mass is 35.5. The smallest absolute Gasteiger partial charge is 0.260 e. The van der Waals surface area contributed by atoms with Gasteiger partial charge in [-0.3, -0.25) is 4.79 Å². The Morgan fingerprint density at radius 2 is 2.25 bits per heavy atom. The number of amides is 1. The number of halogens is 1. The molecule has 110 valence electrons. The number of hydrogen-bond acceptors (Lipinski definition) is 3. The third-order valence-electron chi connectivity index (χ3n) is 3.40. The molecule has 4 nitrogen and oxygen atoms in total. The van der Waals surface area contributed by atoms with Crippen LogP contribution in [0.3, 0.4) is 0 Å². The van der Waals surface area contributed by atoms with E-state index >= 15 is 0 Å². The molecular formula is C15H20ClNO3. The highest BCUT2D eigenvalue weighted by molar-refractivity contribution is 6.30. The lowest BCUT2D eigenvalue weighted by Gasteiger charge is -2.38. The molecule has 0 saturated carbocycles. The van der Waals surface area contributed by atoms with Crippen LogP contribution >= 0.6 is 11.6 Å². The van der Waals surface area contributed by atoms with Crippen LogP contribution < -0.4 is 10.1 Å². The Balaban J connectivity index is 1.87. The van der Waals surface area contributed by atoms with Crippen molar-refractivity contribution in [1.29, 1.82) is 0 Å². The van der Waals surface area contributed by atoms with Gasteiger partial charge in [0.05, 0.1) is 13.2 Å². The third kappa shape index (κ3) is 3.64. The van der Waals surface area contributed by atoms with E-state index < -0.39 is 6.10 Å². The van der Waals surface area contributed by atoms with Gasteiger partial charge in [0.15, 0.2) is 6.10 Å². The summed E-state index contributed by atoms with van der Waals surface area (Å²) in [5.74, 6) is 0.558. The molecule has 1 saturated heterocycles. The van der Waals surface area contributed by atoms with Crippen molar-refractivity contribution >= 4 is 17.5 Å². The highest BCUT2D eigenvalue weighted by Gasteiger charge is 2.34. The molecular weight excluding hydrogens is 278 g/mol. The van der Waals surface area contributed by atoms with E-state index in [0.717, 1.165) is 5.56 Å². The molecule has 1 aromatic rings. The summed E-state index contributed by atoms with van der Waals surface area (Å²) in [6.45, 7) is 7.73. The summed E-state index contributed by atoms with van der Waals surface area (Å²) in [4.78, 5) is 12.0. The van der Waals surface area contributed by atoms with Crippen LogP contribution in [-0.4, -0.2) is 31.8 Å². The Labute approximate surface area is 124 Å². The van der Waals surface area contributed by atoms with Crippen LogP contribution in [0.5, 0.6) is 5.75 Å². The van der Waals surface area contributed by atoms with E-state index in [4.69, 9.17) is 21.1 Å². The number of aryl methyl sites for hydroxylation is 1. The standard InChI is InChI=1S/C15H20ClNO3/c1-10-6-12(16)4-5-13(10)20-11(2)14(18)17-7-15(3)8-19-9-15/h4-6,11H,7-9H2,1-3H3,(H,17,18). The summed E-state index contributed by atoms with van der Waals surface area (Å²) in [5, 5.41) is 3.56. The SMILES string of the molecule is Cc1cc(Cl)ccc1OC(C)C(=O)NCC1(C)COC1. The van der Waals surface area contributed by atoms with Crippen molar-refractivity contribution in [3.8, 4) is 5.75 Å². The number of hydrogen-bond donors (Lipinski definition) is 1. The van der Waals surface area contributed by atoms with E-state index in [9.17, 15) is 4.79 Å². The highest BCUT2D eigenvalue weighted by Crippen LogP contribution is 2.25. The number of ether oxygens (including phenoxy) is 2. The molecule has 1 aliphatic rings. The zero-order chi connectivity index (χ0) is 14.8. The molecule has 1 heterocycles. The second kappa shape index (κ2) is 6.02. The van der Waals surface area contributed by atoms with E-state index in [2.05, 4.69) is 12.2 Å². The Bertz CT molecular complexity index is 500. The average molecular weight is 298 g/mol. The Hall–Kier alpha value is -1.26. The molecule has 1 fully saturated rings. The van der Waals surface area contributed by atoms with Crippen molar-refractivity contribution in [2.24, 2.45) is 5.41 Å². The predicted molar refractivity (Wildman–Crippen MR) is 78.2 cm³/mol. The van der Waals surface area contributed by atoms with E-state index in [1.165, 1.54) is 0 Å². The molecule has 1 N–H and O–H groups in total. The van der Waals surface area contributed by atoms with Crippen LogP contribution in [0.15, 0.2) is 18.2 Å². The van der Waals surface area contributed by atoms with Gasteiger partial charge in [-0.1, -0.05) is 18.5 Å². The lowest BCUT2D eigenvalue weighted by molar-refractivity contribution is -0.132. The normalized spacial score (nSPS) is 18.0. The quantitative estimate of drug-likeness (QED) is 0.908. The fourth-order valence-electron chi connectivity index (χ4n) is 1.99. The van der Waals surface area contributed by atoms with Crippen molar-refractivity contribution < 1.29 is 14.3 Å². The molecule has 1 amide bonds. The van der Waals surface area contributed by atoms with Gasteiger partial charge in [0.2, 0.25) is 0 Å². The van der Waals surface area contributed by atoms with E-state index in [1.54, 1.807) is 19.1 Å². The predicted octanol–water partition coefficient (Wildman–Crippen LogP) is 2.57. The molecule has 0 aromatic heterocycles. The van der Waals surface area contributed by atoms with Gasteiger partial charge in [-0.15, -0.1) is 0 Å². The van der Waals surface area contributed by atoms with Gasteiger partial charge in [0.25, 0.3) is 5.91 Å². The Morgan fingerprint density at radius 3 is 2.80 bits per heavy atom. The summed E-state index contributed by atoms with van der Waals surface area (Å²) >= 11 is 5.89. The molecule has 1 atom stereocenters. The number of nitrogens with one attached hydrogen (secondary N) is 1. The molecule has 0 spiro atoms. The summed E-state index contributed by atoms with van der Waals surface area (Å²) in [7, 11) is 0. The van der Waals surface area contributed by atoms with Crippen LogP contribution in [0.1, 0.15) is 19.4 Å². The lowest BCUT2D eigenvalue weighted by Crippen LogP contribution is -2.50. The van der Waals surface area contributed by atoms with Gasteiger partial charge >= 0.3 is 0 Å². The number of carbonyl (C=O) groups is 1. The Morgan fingerprint density at radius 1 is 1.55 bits per heavy atom. The van der Waals surface area contributed by atoms with E-state index in [1.807, 2.05) is 13.0 Å². The van der Waals surface area contributed by atoms with E-state index in [-0.39, 0.29) is 11.3 Å². The third-order valence-corrected chi connectivity index (χ3v) is 3.64. The minimum absolute atomic E-state index is 0.0611. The van der Waals surface area contributed by atoms with Crippen molar-refractivity contribution in [1.82, 2.24) is 5.32 Å². The topological polar surface area (TPSA) is 47.6 Å². The molecule has 0 aliphatic carbocycles. The van der Waals surface area contributed by atoms with E-state index in [0.29, 0.717) is 30.5 Å². The monoisotopic (exact) mass is 297 g/mol. The number of rotatable bonds is 5. The number of benzene rings is 1. The van der Waals surface area contributed by atoms with Gasteiger partial charge in [0.1, 0.15) is 5.75 Å². The van der Waals surface area contributed by atoms with Crippen LogP contribution in [0.4, 0.5) is 0 Å². The average Bonchev–Trinajstić information content (AvgIpc) is 2.36. The van der Waals surface area contributed by atoms with Gasteiger partial charge in [0, 0.05) is 17.0 Å². The van der Waals surface area contributed by atoms with Crippen molar-refractivity contribution in [2.45, 2.75) is 26.9 Å². The fourth-order valence-corrected chi connectivity index (χ4v) is 2.21. The summed E-state index contributed by atoms with van der Waals surface area (Å²) in [5.41, 5.74) is 0.975. The second-order valence-electron chi connectivity index (χ2n) is 5.69. The first-order valence-electron chi connectivity index (χ1n) is 6.68. The molecule has 1 aromatic carbocycles. The largest absolute Gasteiger partial charge is 0.481 e. The lowest BCUT2D eigenvalue weighted by atomic mass is 9.89. The van der Waals surface area contributed by atoms with Crippen LogP contribution in [-0.2, 0) is 9.53 Å². The van der Waals surface area contributed by atoms with Gasteiger partial charge < -0.3 is 14.8 Å². The molecule has 1 unspecified atom stereocenters. The summed E-state index contributed by atoms with van der Waals surface area (Å²) in [6, 6.07) is 5.35. The van der Waals surface area contributed by atoms with Crippen molar-refractivity contribution in [2.75, 3.05) is 19.8 Å². The second-order valence-corrected chi connectivity index (χ2v) is 6.13. The maximum absolute atomic E-state index is 12.0. The first-order chi connectivity index (χ1) is 9.39.